The molecule has 0 saturated carbocycles. The number of likely N-dealkylation sites (N-methyl/N-ethyl adjacent to an activating group) is 1. The first-order chi connectivity index (χ1) is 11.6. The van der Waals surface area contributed by atoms with E-state index in [1.807, 2.05) is 60.7 Å². The summed E-state index contributed by atoms with van der Waals surface area (Å²) in [4.78, 5) is 26.1. The van der Waals surface area contributed by atoms with Gasteiger partial charge in [0.25, 0.3) is 5.91 Å². The zero-order chi connectivity index (χ0) is 17.1. The van der Waals surface area contributed by atoms with Gasteiger partial charge in [0, 0.05) is 7.05 Å². The Morgan fingerprint density at radius 2 is 1.62 bits per heavy atom. The van der Waals surface area contributed by atoms with Crippen molar-refractivity contribution in [2.24, 2.45) is 0 Å². The summed E-state index contributed by atoms with van der Waals surface area (Å²) >= 11 is 0. The third kappa shape index (κ3) is 2.86. The van der Waals surface area contributed by atoms with E-state index in [1.54, 1.807) is 13.1 Å². The third-order valence-corrected chi connectivity index (χ3v) is 4.05. The Morgan fingerprint density at radius 3 is 2.25 bits per heavy atom. The van der Waals surface area contributed by atoms with Crippen molar-refractivity contribution >= 4 is 17.8 Å². The summed E-state index contributed by atoms with van der Waals surface area (Å²) in [7, 11) is 1.58. The Kier molecular flexibility index (Phi) is 4.29. The number of nitrogens with zero attached hydrogens (tertiary/aromatic N) is 1. The van der Waals surface area contributed by atoms with Crippen molar-refractivity contribution in [2.75, 3.05) is 7.05 Å². The zero-order valence-corrected chi connectivity index (χ0v) is 13.2. The van der Waals surface area contributed by atoms with Crippen LogP contribution >= 0.6 is 0 Å². The van der Waals surface area contributed by atoms with Crippen LogP contribution in [0.15, 0.2) is 78.1 Å². The summed E-state index contributed by atoms with van der Waals surface area (Å²) in [5.74, 6) is -1.39. The van der Waals surface area contributed by atoms with Gasteiger partial charge in [-0.15, -0.1) is 0 Å². The lowest BCUT2D eigenvalue weighted by Gasteiger charge is -2.22. The van der Waals surface area contributed by atoms with Gasteiger partial charge in [0.15, 0.2) is 11.5 Å². The van der Waals surface area contributed by atoms with E-state index in [4.69, 9.17) is 0 Å². The van der Waals surface area contributed by atoms with Crippen LogP contribution in [0.5, 0.6) is 0 Å². The number of aliphatic hydroxyl groups is 1. The summed E-state index contributed by atoms with van der Waals surface area (Å²) < 4.78 is 0. The lowest BCUT2D eigenvalue weighted by Crippen LogP contribution is -2.26. The summed E-state index contributed by atoms with van der Waals surface area (Å²) in [6.07, 6.45) is 3.07. The molecule has 1 N–H and O–H groups in total. The summed E-state index contributed by atoms with van der Waals surface area (Å²) in [5.41, 5.74) is 1.77. The molecule has 0 aliphatic carbocycles. The van der Waals surface area contributed by atoms with Crippen LogP contribution in [0.2, 0.25) is 0 Å². The number of amides is 1. The van der Waals surface area contributed by atoms with Crippen molar-refractivity contribution in [3.8, 4) is 0 Å². The largest absolute Gasteiger partial charge is 0.503 e. The van der Waals surface area contributed by atoms with Crippen LogP contribution in [0.1, 0.15) is 17.2 Å². The van der Waals surface area contributed by atoms with Gasteiger partial charge in [0.05, 0.1) is 11.6 Å². The molecule has 1 aliphatic rings. The second-order valence-electron chi connectivity index (χ2n) is 5.60. The van der Waals surface area contributed by atoms with Crippen LogP contribution in [-0.2, 0) is 9.59 Å². The van der Waals surface area contributed by atoms with Crippen molar-refractivity contribution in [1.82, 2.24) is 4.90 Å². The van der Waals surface area contributed by atoms with E-state index in [-0.39, 0.29) is 11.4 Å². The number of hydrogen-bond donors (Lipinski definition) is 1. The molecule has 0 spiro atoms. The molecule has 1 amide bonds. The van der Waals surface area contributed by atoms with Gasteiger partial charge in [-0.3, -0.25) is 9.59 Å². The highest BCUT2D eigenvalue weighted by Crippen LogP contribution is 2.36. The van der Waals surface area contributed by atoms with Crippen LogP contribution in [0, 0.1) is 0 Å². The van der Waals surface area contributed by atoms with Crippen molar-refractivity contribution < 1.29 is 14.7 Å². The molecule has 24 heavy (non-hydrogen) atoms. The van der Waals surface area contributed by atoms with Gasteiger partial charge in [-0.05, 0) is 17.2 Å². The molecule has 4 nitrogen and oxygen atoms in total. The van der Waals surface area contributed by atoms with Gasteiger partial charge in [0.1, 0.15) is 0 Å². The molecule has 2 aromatic carbocycles. The molecule has 1 heterocycles. The summed E-state index contributed by atoms with van der Waals surface area (Å²) in [6, 6.07) is 18.0. The Balaban J connectivity index is 1.95. The lowest BCUT2D eigenvalue weighted by molar-refractivity contribution is -0.128. The van der Waals surface area contributed by atoms with E-state index in [0.717, 1.165) is 11.1 Å². The average molecular weight is 319 g/mol. The third-order valence-electron chi connectivity index (χ3n) is 4.05. The molecule has 0 saturated heterocycles. The summed E-state index contributed by atoms with van der Waals surface area (Å²) in [6.45, 7) is 0. The van der Waals surface area contributed by atoms with Crippen LogP contribution in [0.3, 0.4) is 0 Å². The van der Waals surface area contributed by atoms with Crippen molar-refractivity contribution in [3.63, 3.8) is 0 Å². The topological polar surface area (TPSA) is 57.6 Å². The quantitative estimate of drug-likeness (QED) is 0.880. The predicted molar refractivity (Wildman–Crippen MR) is 92.1 cm³/mol. The Bertz CT molecular complexity index is 822. The van der Waals surface area contributed by atoms with E-state index in [0.29, 0.717) is 0 Å². The highest BCUT2D eigenvalue weighted by Gasteiger charge is 2.40. The molecule has 0 aromatic heterocycles. The van der Waals surface area contributed by atoms with E-state index >= 15 is 0 Å². The first-order valence-corrected chi connectivity index (χ1v) is 7.62. The minimum absolute atomic E-state index is 0.112. The minimum Gasteiger partial charge on any atom is -0.503 e. The molecule has 0 bridgehead atoms. The molecule has 0 radical (unpaired) electrons. The number of carbonyl (C=O) groups excluding carboxylic acids is 2. The molecule has 120 valence electrons. The standard InChI is InChI=1S/C20H17NO3/c1-21-18(15-10-6-3-7-11-15)17(19(23)20(21)24)16(22)13-12-14-8-4-2-5-9-14/h2-13,18,23H,1H3. The smallest absolute Gasteiger partial charge is 0.289 e. The number of allylic oxidation sites excluding steroid dienone is 1. The molecule has 1 unspecified atom stereocenters. The fourth-order valence-electron chi connectivity index (χ4n) is 2.83. The lowest BCUT2D eigenvalue weighted by atomic mass is 9.96. The number of benzene rings is 2. The van der Waals surface area contributed by atoms with Crippen LogP contribution in [0.25, 0.3) is 6.08 Å². The summed E-state index contributed by atoms with van der Waals surface area (Å²) in [5, 5.41) is 10.2. The Hall–Kier alpha value is -3.14. The van der Waals surface area contributed by atoms with Gasteiger partial charge in [-0.1, -0.05) is 66.7 Å². The predicted octanol–water partition coefficient (Wildman–Crippen LogP) is 3.29. The molecule has 1 atom stereocenters. The van der Waals surface area contributed by atoms with Crippen molar-refractivity contribution in [3.05, 3.63) is 89.2 Å². The first-order valence-electron chi connectivity index (χ1n) is 7.62. The van der Waals surface area contributed by atoms with Gasteiger partial charge < -0.3 is 10.0 Å². The first kappa shape index (κ1) is 15.7. The second-order valence-corrected chi connectivity index (χ2v) is 5.60. The minimum atomic E-state index is -0.577. The van der Waals surface area contributed by atoms with E-state index < -0.39 is 17.7 Å². The molecular weight excluding hydrogens is 302 g/mol. The van der Waals surface area contributed by atoms with Gasteiger partial charge in [-0.25, -0.2) is 0 Å². The van der Waals surface area contributed by atoms with Crippen molar-refractivity contribution in [2.45, 2.75) is 6.04 Å². The fraction of sp³-hybridized carbons (Fsp3) is 0.100. The van der Waals surface area contributed by atoms with E-state index in [2.05, 4.69) is 0 Å². The van der Waals surface area contributed by atoms with Crippen LogP contribution in [0.4, 0.5) is 0 Å². The van der Waals surface area contributed by atoms with E-state index in [1.165, 1.54) is 11.0 Å². The molecule has 1 aliphatic heterocycles. The monoisotopic (exact) mass is 319 g/mol. The maximum Gasteiger partial charge on any atom is 0.289 e. The normalized spacial score (nSPS) is 17.8. The highest BCUT2D eigenvalue weighted by atomic mass is 16.3. The van der Waals surface area contributed by atoms with Gasteiger partial charge >= 0.3 is 0 Å². The van der Waals surface area contributed by atoms with Crippen LogP contribution < -0.4 is 0 Å². The number of carbonyl (C=O) groups is 2. The fourth-order valence-corrected chi connectivity index (χ4v) is 2.83. The number of hydrogen-bond acceptors (Lipinski definition) is 3. The Labute approximate surface area is 140 Å². The molecule has 2 aromatic rings. The molecule has 4 heteroatoms. The molecular formula is C20H17NO3. The highest BCUT2D eigenvalue weighted by molar-refractivity contribution is 6.14. The number of aliphatic hydroxyl groups excluding tert-OH is 1. The van der Waals surface area contributed by atoms with E-state index in [9.17, 15) is 14.7 Å². The Morgan fingerprint density at radius 1 is 1.04 bits per heavy atom. The number of rotatable bonds is 4. The second kappa shape index (κ2) is 6.54. The molecule has 0 fully saturated rings. The SMILES string of the molecule is CN1C(=O)C(O)=C(C(=O)C=Cc2ccccc2)C1c1ccccc1. The van der Waals surface area contributed by atoms with Gasteiger partial charge in [-0.2, -0.15) is 0 Å². The zero-order valence-electron chi connectivity index (χ0n) is 13.2. The molecule has 3 rings (SSSR count). The average Bonchev–Trinajstić information content (AvgIpc) is 2.85. The maximum absolute atomic E-state index is 12.6. The van der Waals surface area contributed by atoms with Crippen LogP contribution in [-0.4, -0.2) is 28.7 Å². The maximum atomic E-state index is 12.6. The van der Waals surface area contributed by atoms with Gasteiger partial charge in [0.2, 0.25) is 0 Å². The number of ketones is 1. The van der Waals surface area contributed by atoms with Crippen molar-refractivity contribution in [1.29, 1.82) is 0 Å².